The summed E-state index contributed by atoms with van der Waals surface area (Å²) in [6, 6.07) is 3.75. The van der Waals surface area contributed by atoms with Crippen LogP contribution in [0.3, 0.4) is 0 Å². The number of hydrogen-bond donors (Lipinski definition) is 1. The first kappa shape index (κ1) is 8.43. The molecule has 0 spiro atoms. The van der Waals surface area contributed by atoms with E-state index >= 15 is 0 Å². The molecule has 3 rings (SSSR count). The number of benzene rings is 1. The Bertz CT molecular complexity index is 601. The van der Waals surface area contributed by atoms with Crippen LogP contribution in [0, 0.1) is 0 Å². The molecule has 1 aromatic carbocycles. The fourth-order valence-electron chi connectivity index (χ4n) is 1.64. The quantitative estimate of drug-likeness (QED) is 0.718. The number of nitrogens with zero attached hydrogens (tertiary/aromatic N) is 4. The summed E-state index contributed by atoms with van der Waals surface area (Å²) in [4.78, 5) is 16.9. The summed E-state index contributed by atoms with van der Waals surface area (Å²) >= 11 is 0. The third-order valence-corrected chi connectivity index (χ3v) is 2.32. The van der Waals surface area contributed by atoms with Gasteiger partial charge in [0, 0.05) is 6.42 Å². The maximum Gasteiger partial charge on any atom is 0.132 e. The number of aliphatic hydroxyl groups is 1. The lowest BCUT2D eigenvalue weighted by atomic mass is 10.2. The molecule has 1 N–H and O–H groups in total. The van der Waals surface area contributed by atoms with Crippen molar-refractivity contribution in [3.8, 4) is 0 Å². The van der Waals surface area contributed by atoms with E-state index < -0.39 is 0 Å². The number of aliphatic imine (C=N–C) groups is 2. The van der Waals surface area contributed by atoms with Gasteiger partial charge in [0.15, 0.2) is 0 Å². The molecule has 5 heteroatoms. The summed E-state index contributed by atoms with van der Waals surface area (Å²) in [5, 5.41) is 10.4. The van der Waals surface area contributed by atoms with Gasteiger partial charge in [0.1, 0.15) is 22.9 Å². The minimum atomic E-state index is 0.0617. The van der Waals surface area contributed by atoms with Gasteiger partial charge in [0.05, 0.1) is 18.0 Å². The molecule has 0 bridgehead atoms. The molecule has 2 heterocycles. The molecule has 0 amide bonds. The first-order valence-corrected chi connectivity index (χ1v) is 4.69. The van der Waals surface area contributed by atoms with Crippen LogP contribution in [0.2, 0.25) is 0 Å². The highest BCUT2D eigenvalue weighted by molar-refractivity contribution is 5.88. The van der Waals surface area contributed by atoms with E-state index in [1.165, 1.54) is 6.34 Å². The molecule has 5 nitrogen and oxygen atoms in total. The molecule has 0 atom stereocenters. The van der Waals surface area contributed by atoms with Gasteiger partial charge in [-0.05, 0) is 12.1 Å². The molecule has 0 saturated heterocycles. The van der Waals surface area contributed by atoms with Gasteiger partial charge in [-0.25, -0.2) is 20.0 Å². The van der Waals surface area contributed by atoms with E-state index in [4.69, 9.17) is 5.11 Å². The lowest BCUT2D eigenvalue weighted by Gasteiger charge is -1.90. The standard InChI is InChI=1S/C10H8N4O/c15-4-3-8-13-7-2-1-6-9(10(7)14-8)12-5-11-6/h1-2,5,15H,3-4H2. The van der Waals surface area contributed by atoms with E-state index in [1.807, 2.05) is 12.1 Å². The Balaban J connectivity index is 2.21. The van der Waals surface area contributed by atoms with Crippen LogP contribution in [0.1, 0.15) is 6.42 Å². The van der Waals surface area contributed by atoms with Crippen molar-refractivity contribution < 1.29 is 5.11 Å². The van der Waals surface area contributed by atoms with Crippen LogP contribution in [-0.4, -0.2) is 23.9 Å². The van der Waals surface area contributed by atoms with E-state index in [1.54, 1.807) is 0 Å². The Morgan fingerprint density at radius 3 is 2.80 bits per heavy atom. The van der Waals surface area contributed by atoms with Crippen LogP contribution >= 0.6 is 0 Å². The van der Waals surface area contributed by atoms with Crippen molar-refractivity contribution in [2.45, 2.75) is 6.42 Å². The molecule has 74 valence electrons. The van der Waals surface area contributed by atoms with E-state index in [0.29, 0.717) is 12.3 Å². The summed E-state index contributed by atoms with van der Waals surface area (Å²) in [7, 11) is 0. The molecule has 0 aromatic heterocycles. The van der Waals surface area contributed by atoms with Gasteiger partial charge >= 0.3 is 0 Å². The normalized spacial score (nSPS) is 15.4. The number of aliphatic hydroxyl groups excluding tert-OH is 1. The Kier molecular flexibility index (Phi) is 1.72. The monoisotopic (exact) mass is 200 g/mol. The van der Waals surface area contributed by atoms with Crippen molar-refractivity contribution in [2.24, 2.45) is 20.0 Å². The molecular weight excluding hydrogens is 192 g/mol. The summed E-state index contributed by atoms with van der Waals surface area (Å²) in [6.07, 6.45) is 1.99. The smallest absolute Gasteiger partial charge is 0.132 e. The molecular formula is C10H8N4O. The minimum absolute atomic E-state index is 0.0617. The van der Waals surface area contributed by atoms with Crippen molar-refractivity contribution in [3.05, 3.63) is 22.8 Å². The molecule has 0 radical (unpaired) electrons. The van der Waals surface area contributed by atoms with Crippen molar-refractivity contribution in [3.63, 3.8) is 0 Å². The maximum atomic E-state index is 8.81. The molecule has 0 unspecified atom stereocenters. The Morgan fingerprint density at radius 1 is 1.07 bits per heavy atom. The summed E-state index contributed by atoms with van der Waals surface area (Å²) < 4.78 is 0. The molecule has 2 aliphatic rings. The summed E-state index contributed by atoms with van der Waals surface area (Å²) in [5.41, 5.74) is 1.64. The molecule has 15 heavy (non-hydrogen) atoms. The molecule has 2 aliphatic heterocycles. The van der Waals surface area contributed by atoms with Crippen LogP contribution in [0.5, 0.6) is 0 Å². The van der Waals surface area contributed by atoms with Crippen molar-refractivity contribution in [1.82, 2.24) is 0 Å². The highest BCUT2D eigenvalue weighted by Gasteiger charge is 2.12. The van der Waals surface area contributed by atoms with Crippen molar-refractivity contribution >= 4 is 23.5 Å². The number of rotatable bonds is 2. The lowest BCUT2D eigenvalue weighted by Crippen LogP contribution is -2.23. The molecule has 0 saturated carbocycles. The third-order valence-electron chi connectivity index (χ3n) is 2.32. The highest BCUT2D eigenvalue weighted by atomic mass is 16.3. The Morgan fingerprint density at radius 2 is 1.93 bits per heavy atom. The second-order valence-electron chi connectivity index (χ2n) is 3.29. The van der Waals surface area contributed by atoms with Gasteiger partial charge in [-0.15, -0.1) is 0 Å². The van der Waals surface area contributed by atoms with Gasteiger partial charge in [-0.3, -0.25) is 0 Å². The SMILES string of the molecule is OCCC1=Nc2ccc3c(c2=N1)=NC=N3. The number of hydrogen-bond acceptors (Lipinski definition) is 5. The van der Waals surface area contributed by atoms with Crippen molar-refractivity contribution in [1.29, 1.82) is 0 Å². The van der Waals surface area contributed by atoms with Crippen LogP contribution in [0.15, 0.2) is 32.1 Å². The second-order valence-corrected chi connectivity index (χ2v) is 3.29. The minimum Gasteiger partial charge on any atom is -0.396 e. The van der Waals surface area contributed by atoms with Gasteiger partial charge in [0.2, 0.25) is 0 Å². The third kappa shape index (κ3) is 1.20. The first-order valence-electron chi connectivity index (χ1n) is 4.69. The van der Waals surface area contributed by atoms with Crippen LogP contribution in [-0.2, 0) is 0 Å². The highest BCUT2D eigenvalue weighted by Crippen LogP contribution is 2.15. The maximum absolute atomic E-state index is 8.81. The van der Waals surface area contributed by atoms with Gasteiger partial charge in [-0.2, -0.15) is 0 Å². The van der Waals surface area contributed by atoms with Gasteiger partial charge < -0.3 is 5.11 Å². The zero-order valence-electron chi connectivity index (χ0n) is 7.88. The molecule has 1 aromatic rings. The number of amidine groups is 1. The van der Waals surface area contributed by atoms with Crippen LogP contribution in [0.25, 0.3) is 0 Å². The second kappa shape index (κ2) is 3.06. The lowest BCUT2D eigenvalue weighted by molar-refractivity contribution is 0.307. The predicted octanol–water partition coefficient (Wildman–Crippen LogP) is 0.0252. The van der Waals surface area contributed by atoms with Gasteiger partial charge in [0.25, 0.3) is 0 Å². The zero-order valence-corrected chi connectivity index (χ0v) is 7.88. The molecule has 0 fully saturated rings. The predicted molar refractivity (Wildman–Crippen MR) is 55.7 cm³/mol. The van der Waals surface area contributed by atoms with Crippen molar-refractivity contribution in [2.75, 3.05) is 6.61 Å². The van der Waals surface area contributed by atoms with Gasteiger partial charge in [-0.1, -0.05) is 0 Å². The largest absolute Gasteiger partial charge is 0.396 e. The average Bonchev–Trinajstić information content (AvgIpc) is 2.80. The van der Waals surface area contributed by atoms with E-state index in [2.05, 4.69) is 20.0 Å². The Labute approximate surface area is 85.3 Å². The zero-order chi connectivity index (χ0) is 10.3. The van der Waals surface area contributed by atoms with E-state index in [-0.39, 0.29) is 6.61 Å². The molecule has 0 aliphatic carbocycles. The van der Waals surface area contributed by atoms with Crippen LogP contribution in [0.4, 0.5) is 11.4 Å². The average molecular weight is 200 g/mol. The van der Waals surface area contributed by atoms with E-state index in [9.17, 15) is 0 Å². The fourth-order valence-corrected chi connectivity index (χ4v) is 1.64. The Hall–Kier alpha value is -1.88. The topological polar surface area (TPSA) is 69.7 Å². The first-order chi connectivity index (χ1) is 7.38. The fraction of sp³-hybridized carbons (Fsp3) is 0.200. The summed E-state index contributed by atoms with van der Waals surface area (Å²) in [6.45, 7) is 0.0617. The summed E-state index contributed by atoms with van der Waals surface area (Å²) in [5.74, 6) is 0.656. The van der Waals surface area contributed by atoms with E-state index in [0.717, 1.165) is 22.1 Å². The number of fused-ring (bicyclic) bond motifs is 3. The van der Waals surface area contributed by atoms with Crippen LogP contribution < -0.4 is 10.7 Å².